The first kappa shape index (κ1) is 26.9. The standard InChI is InChI=1S/C27H37ClN6O4/c28-21-8-7-20(34-11-13-38-14-12-34)15-22(21)33-24(35)18-3-5-19(6-4-18)27(26(29)37)23(31-16-32-27)25(36)30-10-9-17-1-2-17/h7-8,15,17-19,32H,1-6,9-14,16H2,(H2,29,37)(H,30,36)(H,33,35). The summed E-state index contributed by atoms with van der Waals surface area (Å²) in [5.74, 6) is -0.766. The third kappa shape index (κ3) is 5.67. The number of amides is 3. The van der Waals surface area contributed by atoms with Crippen LogP contribution >= 0.6 is 11.6 Å². The lowest BCUT2D eigenvalue weighted by Gasteiger charge is -2.39. The Kier molecular flexibility index (Phi) is 8.20. The number of primary amides is 1. The predicted molar refractivity (Wildman–Crippen MR) is 146 cm³/mol. The summed E-state index contributed by atoms with van der Waals surface area (Å²) in [6, 6.07) is 5.66. The first-order chi connectivity index (χ1) is 18.4. The third-order valence-corrected chi connectivity index (χ3v) is 8.73. The number of nitrogens with two attached hydrogens (primary N) is 1. The Morgan fingerprint density at radius 2 is 1.87 bits per heavy atom. The number of anilines is 2. The molecule has 5 rings (SSSR count). The zero-order valence-electron chi connectivity index (χ0n) is 21.6. The molecule has 5 N–H and O–H groups in total. The number of nitrogens with zero attached hydrogens (tertiary/aromatic N) is 2. The molecule has 206 valence electrons. The average molecular weight is 545 g/mol. The fourth-order valence-corrected chi connectivity index (χ4v) is 6.14. The highest BCUT2D eigenvalue weighted by Crippen LogP contribution is 2.39. The molecule has 2 aliphatic carbocycles. The van der Waals surface area contributed by atoms with E-state index in [0.29, 0.717) is 62.1 Å². The zero-order valence-corrected chi connectivity index (χ0v) is 22.4. The summed E-state index contributed by atoms with van der Waals surface area (Å²) in [5, 5.41) is 9.57. The van der Waals surface area contributed by atoms with Crippen molar-refractivity contribution < 1.29 is 19.1 Å². The van der Waals surface area contributed by atoms with E-state index >= 15 is 0 Å². The van der Waals surface area contributed by atoms with Crippen molar-refractivity contribution in [3.63, 3.8) is 0 Å². The van der Waals surface area contributed by atoms with Gasteiger partial charge in [-0.15, -0.1) is 0 Å². The maximum Gasteiger partial charge on any atom is 0.267 e. The Hall–Kier alpha value is -2.69. The van der Waals surface area contributed by atoms with Crippen LogP contribution in [0, 0.1) is 17.8 Å². The van der Waals surface area contributed by atoms with Gasteiger partial charge >= 0.3 is 0 Å². The van der Waals surface area contributed by atoms with Gasteiger partial charge in [-0.25, -0.2) is 0 Å². The largest absolute Gasteiger partial charge is 0.378 e. The molecule has 10 nitrogen and oxygen atoms in total. The van der Waals surface area contributed by atoms with Crippen LogP contribution in [0.4, 0.5) is 11.4 Å². The number of halogens is 1. The van der Waals surface area contributed by atoms with Crippen molar-refractivity contribution in [2.75, 3.05) is 49.7 Å². The van der Waals surface area contributed by atoms with Crippen molar-refractivity contribution in [2.24, 2.45) is 28.5 Å². The van der Waals surface area contributed by atoms with Gasteiger partial charge in [-0.2, -0.15) is 0 Å². The predicted octanol–water partition coefficient (Wildman–Crippen LogP) is 2.06. The quantitative estimate of drug-likeness (QED) is 0.375. The normalized spacial score (nSPS) is 27.5. The second kappa shape index (κ2) is 11.6. The van der Waals surface area contributed by atoms with Gasteiger partial charge < -0.3 is 26.0 Å². The van der Waals surface area contributed by atoms with Crippen molar-refractivity contribution in [1.29, 1.82) is 0 Å². The number of morpholine rings is 1. The number of nitrogens with one attached hydrogen (secondary N) is 3. The van der Waals surface area contributed by atoms with Gasteiger partial charge in [0.2, 0.25) is 11.8 Å². The fourth-order valence-electron chi connectivity index (χ4n) is 5.98. The van der Waals surface area contributed by atoms with E-state index in [-0.39, 0.29) is 36.0 Å². The zero-order chi connectivity index (χ0) is 26.7. The molecule has 1 unspecified atom stereocenters. The molecule has 3 amide bonds. The molecule has 0 aromatic heterocycles. The maximum atomic E-state index is 13.2. The number of aliphatic imine (C=N–C) groups is 1. The number of ether oxygens (including phenoxy) is 1. The van der Waals surface area contributed by atoms with Crippen molar-refractivity contribution in [3.05, 3.63) is 23.2 Å². The van der Waals surface area contributed by atoms with Crippen LogP contribution < -0.4 is 26.6 Å². The Morgan fingerprint density at radius 1 is 1.13 bits per heavy atom. The molecule has 0 spiro atoms. The van der Waals surface area contributed by atoms with E-state index in [9.17, 15) is 14.4 Å². The SMILES string of the molecule is NC(=O)C1(C2CCC(C(=O)Nc3cc(N4CCOCC4)ccc3Cl)CC2)NCN=C1C(=O)NCCC1CC1. The Balaban J connectivity index is 1.20. The fraction of sp³-hybridized carbons (Fsp3) is 0.630. The van der Waals surface area contributed by atoms with Gasteiger partial charge in [-0.1, -0.05) is 24.4 Å². The first-order valence-corrected chi connectivity index (χ1v) is 14.1. The number of carbonyl (C=O) groups is 3. The van der Waals surface area contributed by atoms with E-state index in [4.69, 9.17) is 22.1 Å². The Bertz CT molecular complexity index is 1100. The first-order valence-electron chi connectivity index (χ1n) is 13.7. The van der Waals surface area contributed by atoms with Crippen LogP contribution in [-0.2, 0) is 19.1 Å². The van der Waals surface area contributed by atoms with Crippen molar-refractivity contribution >= 4 is 46.4 Å². The van der Waals surface area contributed by atoms with Gasteiger partial charge in [-0.3, -0.25) is 24.7 Å². The molecular weight excluding hydrogens is 508 g/mol. The topological polar surface area (TPSA) is 138 Å². The molecule has 0 bridgehead atoms. The summed E-state index contributed by atoms with van der Waals surface area (Å²) >= 11 is 6.41. The van der Waals surface area contributed by atoms with Crippen molar-refractivity contribution in [1.82, 2.24) is 10.6 Å². The molecule has 1 saturated heterocycles. The summed E-state index contributed by atoms with van der Waals surface area (Å²) in [6.45, 7) is 3.66. The summed E-state index contributed by atoms with van der Waals surface area (Å²) in [6.07, 6.45) is 5.66. The van der Waals surface area contributed by atoms with Crippen LogP contribution in [0.1, 0.15) is 44.9 Å². The second-order valence-corrected chi connectivity index (χ2v) is 11.2. The number of benzene rings is 1. The van der Waals surface area contributed by atoms with Gasteiger partial charge in [0.05, 0.1) is 30.6 Å². The van der Waals surface area contributed by atoms with Gasteiger partial charge in [0, 0.05) is 31.2 Å². The lowest BCUT2D eigenvalue weighted by Crippen LogP contribution is -2.65. The lowest BCUT2D eigenvalue weighted by molar-refractivity contribution is -0.126. The number of hydrogen-bond donors (Lipinski definition) is 4. The maximum absolute atomic E-state index is 13.2. The van der Waals surface area contributed by atoms with Crippen molar-refractivity contribution in [2.45, 2.75) is 50.5 Å². The van der Waals surface area contributed by atoms with E-state index < -0.39 is 11.4 Å². The summed E-state index contributed by atoms with van der Waals surface area (Å²) in [7, 11) is 0. The van der Waals surface area contributed by atoms with Crippen LogP contribution in [0.3, 0.4) is 0 Å². The minimum atomic E-state index is -1.30. The van der Waals surface area contributed by atoms with E-state index in [1.807, 2.05) is 12.1 Å². The molecule has 2 saturated carbocycles. The van der Waals surface area contributed by atoms with Crippen LogP contribution in [-0.4, -0.2) is 68.5 Å². The highest BCUT2D eigenvalue weighted by molar-refractivity contribution is 6.47. The minimum absolute atomic E-state index is 0.0938. The highest BCUT2D eigenvalue weighted by Gasteiger charge is 2.54. The molecular formula is C27H37ClN6O4. The van der Waals surface area contributed by atoms with Gasteiger partial charge in [0.25, 0.3) is 5.91 Å². The minimum Gasteiger partial charge on any atom is -0.378 e. The van der Waals surface area contributed by atoms with E-state index in [0.717, 1.165) is 25.2 Å². The van der Waals surface area contributed by atoms with E-state index in [2.05, 4.69) is 25.8 Å². The van der Waals surface area contributed by atoms with Crippen LogP contribution in [0.15, 0.2) is 23.2 Å². The van der Waals surface area contributed by atoms with Crippen LogP contribution in [0.25, 0.3) is 0 Å². The molecule has 11 heteroatoms. The smallest absolute Gasteiger partial charge is 0.267 e. The van der Waals surface area contributed by atoms with E-state index in [1.165, 1.54) is 12.8 Å². The number of rotatable bonds is 9. The van der Waals surface area contributed by atoms with Gasteiger partial charge in [0.15, 0.2) is 0 Å². The monoisotopic (exact) mass is 544 g/mol. The van der Waals surface area contributed by atoms with Crippen LogP contribution in [0.2, 0.25) is 5.02 Å². The lowest BCUT2D eigenvalue weighted by atomic mass is 9.69. The molecule has 3 fully saturated rings. The molecule has 0 radical (unpaired) electrons. The summed E-state index contributed by atoms with van der Waals surface area (Å²) in [4.78, 5) is 45.5. The summed E-state index contributed by atoms with van der Waals surface area (Å²) < 4.78 is 5.43. The third-order valence-electron chi connectivity index (χ3n) is 8.40. The number of hydrogen-bond acceptors (Lipinski definition) is 7. The Morgan fingerprint density at radius 3 is 2.55 bits per heavy atom. The Labute approximate surface area is 228 Å². The molecule has 38 heavy (non-hydrogen) atoms. The molecule has 1 atom stereocenters. The molecule has 2 aliphatic heterocycles. The van der Waals surface area contributed by atoms with Crippen LogP contribution in [0.5, 0.6) is 0 Å². The molecule has 2 heterocycles. The summed E-state index contributed by atoms with van der Waals surface area (Å²) in [5.41, 5.74) is 6.36. The number of carbonyl (C=O) groups excluding carboxylic acids is 3. The molecule has 1 aromatic carbocycles. The second-order valence-electron chi connectivity index (χ2n) is 10.8. The van der Waals surface area contributed by atoms with Gasteiger partial charge in [-0.05, 0) is 62.1 Å². The molecule has 4 aliphatic rings. The van der Waals surface area contributed by atoms with Crippen molar-refractivity contribution in [3.8, 4) is 0 Å². The highest BCUT2D eigenvalue weighted by atomic mass is 35.5. The van der Waals surface area contributed by atoms with E-state index in [1.54, 1.807) is 6.07 Å². The average Bonchev–Trinajstić information content (AvgIpc) is 3.64. The molecule has 1 aromatic rings. The van der Waals surface area contributed by atoms with Gasteiger partial charge in [0.1, 0.15) is 11.3 Å².